The van der Waals surface area contributed by atoms with Crippen LogP contribution >= 0.6 is 11.6 Å². The largest absolute Gasteiger partial charge is 0.573 e. The van der Waals surface area contributed by atoms with Crippen molar-refractivity contribution < 1.29 is 22.6 Å². The minimum absolute atomic E-state index is 0.306. The predicted molar refractivity (Wildman–Crippen MR) is 105 cm³/mol. The summed E-state index contributed by atoms with van der Waals surface area (Å²) in [5.74, 6) is 1.81. The average molecular weight is 426 g/mol. The van der Waals surface area contributed by atoms with E-state index in [1.165, 1.54) is 18.2 Å². The van der Waals surface area contributed by atoms with Crippen LogP contribution in [0.1, 0.15) is 5.56 Å². The molecule has 2 heterocycles. The van der Waals surface area contributed by atoms with Crippen molar-refractivity contribution in [3.63, 3.8) is 0 Å². The normalized spacial score (nSPS) is 17.0. The first kappa shape index (κ1) is 19.8. The zero-order valence-electron chi connectivity index (χ0n) is 15.5. The SMILES string of the molecule is FC(F)(F)Oc1ccc2c(c1)C(N1CCN(CCCl)CC1)=Nc1ccccc1O2. The third-order valence-corrected chi connectivity index (χ3v) is 4.98. The Hall–Kier alpha value is -2.45. The highest BCUT2D eigenvalue weighted by atomic mass is 35.5. The van der Waals surface area contributed by atoms with Gasteiger partial charge in [0.15, 0.2) is 5.75 Å². The standard InChI is InChI=1S/C20H19ClF3N3O2/c21-7-8-26-9-11-27(12-10-26)19-15-13-14(29-20(22,23)24)5-6-17(15)28-18-4-2-1-3-16(18)25-19/h1-6,13H,7-12H2. The summed E-state index contributed by atoms with van der Waals surface area (Å²) in [4.78, 5) is 9.06. The molecular formula is C20H19ClF3N3O2. The molecule has 0 N–H and O–H groups in total. The molecule has 0 radical (unpaired) electrons. The van der Waals surface area contributed by atoms with Gasteiger partial charge in [0, 0.05) is 38.6 Å². The van der Waals surface area contributed by atoms with Crippen molar-refractivity contribution in [2.24, 2.45) is 4.99 Å². The second-order valence-corrected chi connectivity index (χ2v) is 7.11. The number of halogens is 4. The molecule has 0 spiro atoms. The molecule has 4 rings (SSSR count). The molecule has 0 saturated carbocycles. The Bertz CT molecular complexity index is 912. The van der Waals surface area contributed by atoms with Gasteiger partial charge in [-0.05, 0) is 30.3 Å². The summed E-state index contributed by atoms with van der Waals surface area (Å²) in [6.07, 6.45) is -4.77. The molecule has 154 valence electrons. The molecule has 2 aliphatic rings. The number of hydrogen-bond acceptors (Lipinski definition) is 5. The minimum Gasteiger partial charge on any atom is -0.454 e. The Labute approximate surface area is 171 Å². The number of amidine groups is 1. The smallest absolute Gasteiger partial charge is 0.454 e. The summed E-state index contributed by atoms with van der Waals surface area (Å²) in [5.41, 5.74) is 1.09. The predicted octanol–water partition coefficient (Wildman–Crippen LogP) is 4.63. The molecule has 0 aromatic heterocycles. The van der Waals surface area contributed by atoms with E-state index in [-0.39, 0.29) is 5.75 Å². The van der Waals surface area contributed by atoms with Gasteiger partial charge < -0.3 is 14.4 Å². The van der Waals surface area contributed by atoms with Gasteiger partial charge >= 0.3 is 6.36 Å². The Morgan fingerprint density at radius 1 is 1.03 bits per heavy atom. The van der Waals surface area contributed by atoms with Gasteiger partial charge in [-0.1, -0.05) is 12.1 Å². The van der Waals surface area contributed by atoms with Gasteiger partial charge in [0.1, 0.15) is 23.0 Å². The maximum absolute atomic E-state index is 12.7. The number of benzene rings is 2. The lowest BCUT2D eigenvalue weighted by Crippen LogP contribution is -2.49. The molecule has 2 aliphatic heterocycles. The number of piperazine rings is 1. The Morgan fingerprint density at radius 3 is 2.52 bits per heavy atom. The summed E-state index contributed by atoms with van der Waals surface area (Å²) in [5, 5.41) is 0. The summed E-state index contributed by atoms with van der Waals surface area (Å²) in [6.45, 7) is 3.75. The van der Waals surface area contributed by atoms with Crippen LogP contribution in [0.3, 0.4) is 0 Å². The van der Waals surface area contributed by atoms with Crippen LogP contribution in [0, 0.1) is 0 Å². The van der Waals surface area contributed by atoms with Crippen LogP contribution in [-0.4, -0.2) is 60.6 Å². The second kappa shape index (κ2) is 8.12. The van der Waals surface area contributed by atoms with Crippen molar-refractivity contribution in [1.29, 1.82) is 0 Å². The third-order valence-electron chi connectivity index (χ3n) is 4.81. The zero-order valence-corrected chi connectivity index (χ0v) is 16.2. The van der Waals surface area contributed by atoms with Crippen LogP contribution in [-0.2, 0) is 0 Å². The molecular weight excluding hydrogens is 407 g/mol. The van der Waals surface area contributed by atoms with Gasteiger partial charge in [0.05, 0.1) is 5.56 Å². The molecule has 0 unspecified atom stereocenters. The quantitative estimate of drug-likeness (QED) is 0.672. The van der Waals surface area contributed by atoms with Gasteiger partial charge in [-0.25, -0.2) is 4.99 Å². The highest BCUT2D eigenvalue weighted by Gasteiger charge is 2.32. The van der Waals surface area contributed by atoms with Crippen LogP contribution in [0.2, 0.25) is 0 Å². The Morgan fingerprint density at radius 2 is 1.79 bits per heavy atom. The summed E-state index contributed by atoms with van der Waals surface area (Å²) in [6, 6.07) is 11.3. The number of ether oxygens (including phenoxy) is 2. The number of rotatable bonds is 3. The highest BCUT2D eigenvalue weighted by molar-refractivity contribution is 6.18. The number of fused-ring (bicyclic) bond motifs is 2. The third kappa shape index (κ3) is 4.59. The van der Waals surface area contributed by atoms with Crippen molar-refractivity contribution in [3.8, 4) is 17.2 Å². The minimum atomic E-state index is -4.77. The van der Waals surface area contributed by atoms with E-state index >= 15 is 0 Å². The lowest BCUT2D eigenvalue weighted by Gasteiger charge is -2.36. The maximum Gasteiger partial charge on any atom is 0.573 e. The van der Waals surface area contributed by atoms with E-state index in [0.29, 0.717) is 47.6 Å². The Kier molecular flexibility index (Phi) is 5.56. The lowest BCUT2D eigenvalue weighted by molar-refractivity contribution is -0.274. The number of alkyl halides is 4. The van der Waals surface area contributed by atoms with Gasteiger partial charge in [0.25, 0.3) is 0 Å². The average Bonchev–Trinajstić information content (AvgIpc) is 2.84. The number of aliphatic imine (C=N–C) groups is 1. The molecule has 2 aromatic carbocycles. The van der Waals surface area contributed by atoms with Crippen molar-refractivity contribution in [3.05, 3.63) is 48.0 Å². The highest BCUT2D eigenvalue weighted by Crippen LogP contribution is 2.40. The van der Waals surface area contributed by atoms with Gasteiger partial charge in [-0.15, -0.1) is 24.8 Å². The van der Waals surface area contributed by atoms with E-state index in [4.69, 9.17) is 21.3 Å². The number of hydrogen-bond donors (Lipinski definition) is 0. The molecule has 0 atom stereocenters. The van der Waals surface area contributed by atoms with Crippen molar-refractivity contribution in [1.82, 2.24) is 9.80 Å². The van der Waals surface area contributed by atoms with Crippen LogP contribution in [0.4, 0.5) is 18.9 Å². The molecule has 5 nitrogen and oxygen atoms in total. The molecule has 29 heavy (non-hydrogen) atoms. The van der Waals surface area contributed by atoms with E-state index in [1.54, 1.807) is 6.07 Å². The summed E-state index contributed by atoms with van der Waals surface area (Å²) < 4.78 is 48.3. The van der Waals surface area contributed by atoms with Crippen molar-refractivity contribution >= 4 is 23.1 Å². The summed E-state index contributed by atoms with van der Waals surface area (Å²) >= 11 is 5.83. The van der Waals surface area contributed by atoms with Crippen LogP contribution in [0.25, 0.3) is 0 Å². The Balaban J connectivity index is 1.72. The maximum atomic E-state index is 12.7. The fourth-order valence-corrected chi connectivity index (χ4v) is 3.68. The van der Waals surface area contributed by atoms with Crippen LogP contribution in [0.15, 0.2) is 47.5 Å². The topological polar surface area (TPSA) is 37.3 Å². The monoisotopic (exact) mass is 425 g/mol. The molecule has 2 aromatic rings. The van der Waals surface area contributed by atoms with Crippen LogP contribution < -0.4 is 9.47 Å². The molecule has 0 amide bonds. The molecule has 1 saturated heterocycles. The molecule has 1 fully saturated rings. The first-order valence-corrected chi connectivity index (χ1v) is 9.75. The fraction of sp³-hybridized carbons (Fsp3) is 0.350. The summed E-state index contributed by atoms with van der Waals surface area (Å²) in [7, 11) is 0. The van der Waals surface area contributed by atoms with E-state index in [1.807, 2.05) is 18.2 Å². The second-order valence-electron chi connectivity index (χ2n) is 6.73. The fourth-order valence-electron chi connectivity index (χ4n) is 3.44. The van der Waals surface area contributed by atoms with Gasteiger partial charge in [0.2, 0.25) is 0 Å². The molecule has 0 bridgehead atoms. The first-order valence-electron chi connectivity index (χ1n) is 9.22. The van der Waals surface area contributed by atoms with E-state index in [0.717, 1.165) is 19.6 Å². The van der Waals surface area contributed by atoms with Crippen molar-refractivity contribution in [2.45, 2.75) is 6.36 Å². The number of nitrogens with zero attached hydrogens (tertiary/aromatic N) is 3. The van der Waals surface area contributed by atoms with E-state index in [2.05, 4.69) is 14.5 Å². The van der Waals surface area contributed by atoms with E-state index in [9.17, 15) is 13.2 Å². The van der Waals surface area contributed by atoms with Crippen molar-refractivity contribution in [2.75, 3.05) is 38.6 Å². The van der Waals surface area contributed by atoms with Gasteiger partial charge in [-0.2, -0.15) is 0 Å². The molecule has 9 heteroatoms. The number of para-hydroxylation sites is 2. The van der Waals surface area contributed by atoms with E-state index < -0.39 is 6.36 Å². The van der Waals surface area contributed by atoms with Gasteiger partial charge in [-0.3, -0.25) is 4.90 Å². The molecule has 0 aliphatic carbocycles. The van der Waals surface area contributed by atoms with Crippen LogP contribution in [0.5, 0.6) is 17.2 Å². The lowest BCUT2D eigenvalue weighted by atomic mass is 10.1. The first-order chi connectivity index (χ1) is 13.9. The zero-order chi connectivity index (χ0) is 20.4.